The molecule has 100 valence electrons. The number of benzene rings is 1. The largest absolute Gasteiger partial charge is 1.00 e. The highest BCUT2D eigenvalue weighted by Gasteiger charge is 2.48. The van der Waals surface area contributed by atoms with Gasteiger partial charge in [0.05, 0.1) is 10.5 Å². The fourth-order valence-corrected chi connectivity index (χ4v) is 4.01. The van der Waals surface area contributed by atoms with Gasteiger partial charge in [0, 0.05) is 17.4 Å². The van der Waals surface area contributed by atoms with Crippen molar-refractivity contribution in [1.82, 2.24) is 0 Å². The third-order valence-electron chi connectivity index (χ3n) is 2.72. The lowest BCUT2D eigenvalue weighted by molar-refractivity contribution is -0.0868. The van der Waals surface area contributed by atoms with Crippen LogP contribution in [0.2, 0.25) is 0 Å². The predicted octanol–water partition coefficient (Wildman–Crippen LogP) is 2.50. The maximum Gasteiger partial charge on any atom is 0.600 e. The molecule has 0 aliphatic rings. The molecule has 0 N–H and O–H groups in total. The average molecular weight is 339 g/mol. The Morgan fingerprint density at radius 1 is 1.11 bits per heavy atom. The summed E-state index contributed by atoms with van der Waals surface area (Å²) < 4.78 is 39.8. The molecule has 1 heterocycles. The van der Waals surface area contributed by atoms with Crippen LogP contribution in [-0.2, 0) is 5.51 Å². The number of rotatable bonds is 1. The van der Waals surface area contributed by atoms with E-state index in [1.165, 1.54) is 0 Å². The Hall–Kier alpha value is -0.550. The van der Waals surface area contributed by atoms with E-state index in [0.29, 0.717) is 9.58 Å². The molecule has 0 fully saturated rings. The van der Waals surface area contributed by atoms with Gasteiger partial charge in [-0.3, -0.25) is 0 Å². The first-order valence-electron chi connectivity index (χ1n) is 5.44. The van der Waals surface area contributed by atoms with Gasteiger partial charge < -0.3 is 17.0 Å². The Bertz CT molecular complexity index is 555. The van der Waals surface area contributed by atoms with Crippen molar-refractivity contribution < 1.29 is 30.2 Å². The van der Waals surface area contributed by atoms with Crippen molar-refractivity contribution in [2.75, 3.05) is 0 Å². The van der Waals surface area contributed by atoms with Crippen LogP contribution in [0.1, 0.15) is 30.2 Å². The summed E-state index contributed by atoms with van der Waals surface area (Å²) in [4.78, 5) is 0.498. The molecule has 0 bridgehead atoms. The highest BCUT2D eigenvalue weighted by molar-refractivity contribution is 7.38. The van der Waals surface area contributed by atoms with Crippen LogP contribution < -0.4 is 17.0 Å². The van der Waals surface area contributed by atoms with E-state index < -0.39 is 16.0 Å². The first-order valence-corrected chi connectivity index (χ1v) is 6.66. The van der Waals surface area contributed by atoms with Crippen molar-refractivity contribution in [3.05, 3.63) is 34.7 Å². The molecule has 0 radical (unpaired) electrons. The zero-order valence-corrected chi connectivity index (χ0v) is 12.7. The van der Waals surface area contributed by atoms with Crippen molar-refractivity contribution in [3.63, 3.8) is 0 Å². The maximum absolute atomic E-state index is 13.1. The Morgan fingerprint density at radius 3 is 2.22 bits per heavy atom. The van der Waals surface area contributed by atoms with Gasteiger partial charge >= 0.3 is 5.51 Å². The molecule has 0 saturated heterocycles. The molecule has 1 aromatic heterocycles. The van der Waals surface area contributed by atoms with Crippen LogP contribution in [0.4, 0.5) is 13.2 Å². The lowest BCUT2D eigenvalue weighted by Gasteiger charge is -2.02. The van der Waals surface area contributed by atoms with Crippen LogP contribution >= 0.6 is 10.5 Å². The second-order valence-corrected chi connectivity index (χ2v) is 6.48. The molecule has 2 aromatic rings. The van der Waals surface area contributed by atoms with E-state index in [2.05, 4.69) is 0 Å². The molecule has 1 aromatic carbocycles. The summed E-state index contributed by atoms with van der Waals surface area (Å²) >= 11 is 0. The summed E-state index contributed by atoms with van der Waals surface area (Å²) in [7, 11) is -1.73. The first-order chi connectivity index (χ1) is 7.80. The van der Waals surface area contributed by atoms with E-state index in [9.17, 15) is 13.2 Å². The van der Waals surface area contributed by atoms with Gasteiger partial charge in [-0.1, -0.05) is 25.5 Å². The molecule has 0 nitrogen and oxygen atoms in total. The minimum Gasteiger partial charge on any atom is -1.00 e. The lowest BCUT2D eigenvalue weighted by Crippen LogP contribution is -3.00. The van der Waals surface area contributed by atoms with Gasteiger partial charge in [-0.2, -0.15) is 0 Å². The van der Waals surface area contributed by atoms with Crippen LogP contribution in [0.3, 0.4) is 0 Å². The fourth-order valence-electron chi connectivity index (χ4n) is 1.97. The Morgan fingerprint density at radius 2 is 1.72 bits per heavy atom. The number of hydrogen-bond donors (Lipinski definition) is 0. The number of fused-ring (bicyclic) bond motifs is 1. The minimum atomic E-state index is -4.17. The lowest BCUT2D eigenvalue weighted by atomic mass is 10.1. The van der Waals surface area contributed by atoms with E-state index >= 15 is 0 Å². The standard InChI is InChI=1S/C13H14F3S.BrH/c1-8(2)12-7-10-6-9(3)4-5-11(10)17(12)13(14,15)16;/h4-8H,1-3H3;1H/q+1;/p-1. The molecule has 18 heavy (non-hydrogen) atoms. The van der Waals surface area contributed by atoms with Crippen LogP contribution in [0.25, 0.3) is 10.1 Å². The number of alkyl halides is 3. The molecule has 1 atom stereocenters. The summed E-state index contributed by atoms with van der Waals surface area (Å²) in [5.41, 5.74) is -3.17. The smallest absolute Gasteiger partial charge is 0.600 e. The normalized spacial score (nSPS) is 12.9. The summed E-state index contributed by atoms with van der Waals surface area (Å²) in [6.07, 6.45) is 0. The molecule has 0 aliphatic heterocycles. The molecular formula is C13H14BrF3S. The zero-order chi connectivity index (χ0) is 12.8. The zero-order valence-electron chi connectivity index (χ0n) is 10.3. The quantitative estimate of drug-likeness (QED) is 0.701. The third-order valence-corrected chi connectivity index (χ3v) is 5.05. The van der Waals surface area contributed by atoms with E-state index in [-0.39, 0.29) is 22.9 Å². The van der Waals surface area contributed by atoms with Gasteiger partial charge in [-0.15, -0.1) is 13.2 Å². The topological polar surface area (TPSA) is 0 Å². The van der Waals surface area contributed by atoms with Crippen LogP contribution in [-0.4, -0.2) is 0 Å². The second kappa shape index (κ2) is 5.21. The maximum atomic E-state index is 13.1. The third kappa shape index (κ3) is 2.72. The van der Waals surface area contributed by atoms with Gasteiger partial charge in [-0.05, 0) is 19.1 Å². The van der Waals surface area contributed by atoms with Gasteiger partial charge in [-0.25, -0.2) is 0 Å². The van der Waals surface area contributed by atoms with Crippen molar-refractivity contribution >= 4 is 20.6 Å². The minimum absolute atomic E-state index is 0. The van der Waals surface area contributed by atoms with Crippen LogP contribution in [0, 0.1) is 6.92 Å². The van der Waals surface area contributed by atoms with Crippen LogP contribution in [0.15, 0.2) is 24.3 Å². The molecule has 0 aliphatic carbocycles. The van der Waals surface area contributed by atoms with Crippen molar-refractivity contribution in [3.8, 4) is 0 Å². The van der Waals surface area contributed by atoms with Gasteiger partial charge in [0.15, 0.2) is 9.58 Å². The van der Waals surface area contributed by atoms with Gasteiger partial charge in [0.2, 0.25) is 0 Å². The highest BCUT2D eigenvalue weighted by atomic mass is 79.9. The summed E-state index contributed by atoms with van der Waals surface area (Å²) in [5.74, 6) is -0.0762. The summed E-state index contributed by atoms with van der Waals surface area (Å²) in [5, 5.41) is 0.731. The number of aryl methyl sites for hydroxylation is 1. The molecule has 5 heteroatoms. The van der Waals surface area contributed by atoms with Crippen molar-refractivity contribution in [2.24, 2.45) is 0 Å². The van der Waals surface area contributed by atoms with Gasteiger partial charge in [0.25, 0.3) is 0 Å². The Balaban J connectivity index is 0.00000162. The highest BCUT2D eigenvalue weighted by Crippen LogP contribution is 2.52. The monoisotopic (exact) mass is 338 g/mol. The van der Waals surface area contributed by atoms with Gasteiger partial charge in [0.1, 0.15) is 0 Å². The molecular weight excluding hydrogens is 325 g/mol. The van der Waals surface area contributed by atoms with E-state index in [4.69, 9.17) is 0 Å². The molecule has 0 amide bonds. The van der Waals surface area contributed by atoms with E-state index in [1.54, 1.807) is 18.2 Å². The second-order valence-electron chi connectivity index (χ2n) is 4.49. The van der Waals surface area contributed by atoms with E-state index in [0.717, 1.165) is 10.9 Å². The fraction of sp³-hybridized carbons (Fsp3) is 0.385. The SMILES string of the molecule is Cc1ccc2c(c1)cc(C(C)C)[s+]2C(F)(F)F.[Br-]. The van der Waals surface area contributed by atoms with Crippen molar-refractivity contribution in [2.45, 2.75) is 32.2 Å². The number of thiophene rings is 1. The molecule has 0 saturated carbocycles. The number of hydrogen-bond acceptors (Lipinski definition) is 0. The average Bonchev–Trinajstić information content (AvgIpc) is 2.55. The Labute approximate surface area is 118 Å². The van der Waals surface area contributed by atoms with E-state index in [1.807, 2.05) is 26.8 Å². The van der Waals surface area contributed by atoms with Crippen molar-refractivity contribution in [1.29, 1.82) is 0 Å². The molecule has 0 spiro atoms. The summed E-state index contributed by atoms with van der Waals surface area (Å²) in [6, 6.07) is 6.91. The summed E-state index contributed by atoms with van der Waals surface area (Å²) in [6.45, 7) is 5.53. The predicted molar refractivity (Wildman–Crippen MR) is 66.6 cm³/mol. The first kappa shape index (κ1) is 15.5. The number of halogens is 4. The Kier molecular flexibility index (Phi) is 4.49. The molecule has 2 rings (SSSR count). The van der Waals surface area contributed by atoms with Crippen LogP contribution in [0.5, 0.6) is 0 Å². The molecule has 1 unspecified atom stereocenters.